The van der Waals surface area contributed by atoms with E-state index in [-0.39, 0.29) is 16.3 Å². The van der Waals surface area contributed by atoms with Gasteiger partial charge < -0.3 is 5.32 Å². The number of benzene rings is 2. The lowest BCUT2D eigenvalue weighted by Crippen LogP contribution is -2.12. The van der Waals surface area contributed by atoms with Gasteiger partial charge in [-0.25, -0.2) is 0 Å². The van der Waals surface area contributed by atoms with Crippen molar-refractivity contribution in [2.45, 2.75) is 6.92 Å². The van der Waals surface area contributed by atoms with E-state index in [0.717, 1.165) is 10.0 Å². The largest absolute Gasteiger partial charge is 0.322 e. The van der Waals surface area contributed by atoms with Crippen molar-refractivity contribution in [1.29, 1.82) is 0 Å². The molecule has 0 bridgehead atoms. The highest BCUT2D eigenvalue weighted by atomic mass is 79.9. The molecule has 2 aromatic rings. The highest BCUT2D eigenvalue weighted by molar-refractivity contribution is 9.10. The summed E-state index contributed by atoms with van der Waals surface area (Å²) < 4.78 is 0.930. The summed E-state index contributed by atoms with van der Waals surface area (Å²) in [5.74, 6) is -0.456. The quantitative estimate of drug-likeness (QED) is 0.636. The summed E-state index contributed by atoms with van der Waals surface area (Å²) in [6.45, 7) is 1.89. The van der Waals surface area contributed by atoms with Gasteiger partial charge in [0, 0.05) is 32.9 Å². The third-order valence-corrected chi connectivity index (χ3v) is 3.88. The number of rotatable bonds is 3. The first-order valence-corrected chi connectivity index (χ1v) is 7.06. The molecule has 5 nitrogen and oxygen atoms in total. The predicted molar refractivity (Wildman–Crippen MR) is 84.9 cm³/mol. The van der Waals surface area contributed by atoms with Crippen LogP contribution in [0.25, 0.3) is 0 Å². The van der Waals surface area contributed by atoms with Gasteiger partial charge in [-0.2, -0.15) is 0 Å². The number of carbonyl (C=O) groups is 1. The molecule has 0 unspecified atom stereocenters. The molecular formula is C14H10BrClN2O3. The van der Waals surface area contributed by atoms with Gasteiger partial charge in [0.2, 0.25) is 0 Å². The van der Waals surface area contributed by atoms with Crippen LogP contribution in [-0.4, -0.2) is 10.8 Å². The lowest BCUT2D eigenvalue weighted by atomic mass is 10.1. The van der Waals surface area contributed by atoms with Crippen LogP contribution in [0.2, 0.25) is 5.02 Å². The van der Waals surface area contributed by atoms with Gasteiger partial charge >= 0.3 is 0 Å². The molecule has 0 aliphatic carbocycles. The van der Waals surface area contributed by atoms with Gasteiger partial charge in [0.1, 0.15) is 0 Å². The molecule has 0 spiro atoms. The number of hydrogen-bond donors (Lipinski definition) is 1. The number of non-ortho nitro benzene ring substituents is 1. The van der Waals surface area contributed by atoms with Crippen molar-refractivity contribution in [1.82, 2.24) is 0 Å². The number of carbonyl (C=O) groups excluding carboxylic acids is 1. The summed E-state index contributed by atoms with van der Waals surface area (Å²) in [7, 11) is 0. The van der Waals surface area contributed by atoms with Crippen molar-refractivity contribution in [2.75, 3.05) is 5.32 Å². The van der Waals surface area contributed by atoms with Crippen LogP contribution < -0.4 is 5.32 Å². The van der Waals surface area contributed by atoms with E-state index in [1.165, 1.54) is 18.2 Å². The maximum Gasteiger partial charge on any atom is 0.271 e. The van der Waals surface area contributed by atoms with Gasteiger partial charge in [0.05, 0.1) is 4.92 Å². The van der Waals surface area contributed by atoms with Gasteiger partial charge in [-0.3, -0.25) is 14.9 Å². The van der Waals surface area contributed by atoms with Crippen LogP contribution in [0.3, 0.4) is 0 Å². The molecule has 21 heavy (non-hydrogen) atoms. The van der Waals surface area contributed by atoms with Crippen molar-refractivity contribution in [3.63, 3.8) is 0 Å². The van der Waals surface area contributed by atoms with Crippen LogP contribution in [0, 0.1) is 17.0 Å². The summed E-state index contributed by atoms with van der Waals surface area (Å²) in [6, 6.07) is 9.10. The Kier molecular flexibility index (Phi) is 4.59. The molecule has 0 aliphatic rings. The first-order chi connectivity index (χ1) is 9.86. The Balaban J connectivity index is 2.27. The van der Waals surface area contributed by atoms with E-state index >= 15 is 0 Å². The highest BCUT2D eigenvalue weighted by Crippen LogP contribution is 2.23. The second kappa shape index (κ2) is 6.24. The number of aryl methyl sites for hydroxylation is 1. The molecule has 1 N–H and O–H groups in total. The van der Waals surface area contributed by atoms with E-state index < -0.39 is 10.8 Å². The fourth-order valence-electron chi connectivity index (χ4n) is 1.74. The zero-order valence-electron chi connectivity index (χ0n) is 10.9. The molecule has 0 aromatic heterocycles. The summed E-state index contributed by atoms with van der Waals surface area (Å²) >= 11 is 9.17. The van der Waals surface area contributed by atoms with Crippen LogP contribution in [0.4, 0.5) is 11.4 Å². The molecule has 0 saturated carbocycles. The molecule has 1 amide bonds. The van der Waals surface area contributed by atoms with Gasteiger partial charge in [-0.1, -0.05) is 27.5 Å². The maximum atomic E-state index is 12.1. The number of amides is 1. The van der Waals surface area contributed by atoms with Gasteiger partial charge in [0.15, 0.2) is 0 Å². The van der Waals surface area contributed by atoms with Gasteiger partial charge in [-0.05, 0) is 36.8 Å². The Labute approximate surface area is 134 Å². The summed E-state index contributed by atoms with van der Waals surface area (Å²) in [5, 5.41) is 13.6. The molecule has 2 rings (SSSR count). The van der Waals surface area contributed by atoms with E-state index in [1.807, 2.05) is 13.0 Å². The SMILES string of the molecule is Cc1cc(NC(=O)c2cc(Cl)cc([N+](=O)[O-])c2)ccc1Br. The Morgan fingerprint density at radius 2 is 2.00 bits per heavy atom. The van der Waals surface area contributed by atoms with E-state index in [0.29, 0.717) is 5.69 Å². The average molecular weight is 370 g/mol. The molecule has 0 fully saturated rings. The number of halogens is 2. The Morgan fingerprint density at radius 3 is 2.62 bits per heavy atom. The third-order valence-electron chi connectivity index (χ3n) is 2.77. The van der Waals surface area contributed by atoms with Crippen molar-refractivity contribution < 1.29 is 9.72 Å². The fourth-order valence-corrected chi connectivity index (χ4v) is 2.21. The predicted octanol–water partition coefficient (Wildman–Crippen LogP) is 4.57. The highest BCUT2D eigenvalue weighted by Gasteiger charge is 2.14. The molecule has 0 saturated heterocycles. The molecule has 0 aliphatic heterocycles. The normalized spacial score (nSPS) is 10.2. The Morgan fingerprint density at radius 1 is 1.29 bits per heavy atom. The van der Waals surface area contributed by atoms with Crippen LogP contribution in [0.15, 0.2) is 40.9 Å². The van der Waals surface area contributed by atoms with Crippen LogP contribution >= 0.6 is 27.5 Å². The molecule has 7 heteroatoms. The second-order valence-electron chi connectivity index (χ2n) is 4.37. The summed E-state index contributed by atoms with van der Waals surface area (Å²) in [4.78, 5) is 22.3. The zero-order chi connectivity index (χ0) is 15.6. The van der Waals surface area contributed by atoms with Crippen molar-refractivity contribution in [3.8, 4) is 0 Å². The van der Waals surface area contributed by atoms with Crippen molar-refractivity contribution in [2.24, 2.45) is 0 Å². The minimum absolute atomic E-state index is 0.134. The van der Waals surface area contributed by atoms with Crippen LogP contribution in [0.5, 0.6) is 0 Å². The number of anilines is 1. The van der Waals surface area contributed by atoms with Crippen molar-refractivity contribution in [3.05, 3.63) is 67.1 Å². The smallest absolute Gasteiger partial charge is 0.271 e. The Bertz CT molecular complexity index is 734. The molecule has 2 aromatic carbocycles. The average Bonchev–Trinajstić information content (AvgIpc) is 2.42. The standard InChI is InChI=1S/C14H10BrClN2O3/c1-8-4-11(2-3-13(8)15)17-14(19)9-5-10(16)7-12(6-9)18(20)21/h2-7H,1H3,(H,17,19). The molecule has 0 heterocycles. The summed E-state index contributed by atoms with van der Waals surface area (Å²) in [5.41, 5.74) is 1.47. The summed E-state index contributed by atoms with van der Waals surface area (Å²) in [6.07, 6.45) is 0. The van der Waals surface area contributed by atoms with Crippen molar-refractivity contribution >= 4 is 44.8 Å². The number of nitrogens with one attached hydrogen (secondary N) is 1. The van der Waals surface area contributed by atoms with Gasteiger partial charge in [0.25, 0.3) is 11.6 Å². The molecule has 0 atom stereocenters. The molecule has 108 valence electrons. The van der Waals surface area contributed by atoms with E-state index in [4.69, 9.17) is 11.6 Å². The zero-order valence-corrected chi connectivity index (χ0v) is 13.2. The lowest BCUT2D eigenvalue weighted by molar-refractivity contribution is -0.384. The van der Waals surface area contributed by atoms with Crippen LogP contribution in [0.1, 0.15) is 15.9 Å². The molecule has 0 radical (unpaired) electrons. The number of nitro benzene ring substituents is 1. The van der Waals surface area contributed by atoms with Gasteiger partial charge in [-0.15, -0.1) is 0 Å². The lowest BCUT2D eigenvalue weighted by Gasteiger charge is -2.07. The minimum atomic E-state index is -0.591. The Hall–Kier alpha value is -1.92. The van der Waals surface area contributed by atoms with Crippen LogP contribution in [-0.2, 0) is 0 Å². The second-order valence-corrected chi connectivity index (χ2v) is 5.66. The minimum Gasteiger partial charge on any atom is -0.322 e. The first-order valence-electron chi connectivity index (χ1n) is 5.89. The fraction of sp³-hybridized carbons (Fsp3) is 0.0714. The van der Waals surface area contributed by atoms with E-state index in [2.05, 4.69) is 21.2 Å². The number of nitro groups is 1. The number of nitrogens with zero attached hydrogens (tertiary/aromatic N) is 1. The topological polar surface area (TPSA) is 72.2 Å². The molecular weight excluding hydrogens is 360 g/mol. The maximum absolute atomic E-state index is 12.1. The monoisotopic (exact) mass is 368 g/mol. The third kappa shape index (κ3) is 3.80. The van der Waals surface area contributed by atoms with E-state index in [9.17, 15) is 14.9 Å². The number of hydrogen-bond acceptors (Lipinski definition) is 3. The van der Waals surface area contributed by atoms with E-state index in [1.54, 1.807) is 12.1 Å². The first kappa shape index (κ1) is 15.5.